The van der Waals surface area contributed by atoms with Crippen LogP contribution in [0.4, 0.5) is 0 Å². The largest absolute Gasteiger partial charge is 0.381 e. The summed E-state index contributed by atoms with van der Waals surface area (Å²) in [4.78, 5) is 4.45. The van der Waals surface area contributed by atoms with Crippen molar-refractivity contribution in [3.8, 4) is 0 Å². The summed E-state index contributed by atoms with van der Waals surface area (Å²) in [5, 5.41) is 4.04. The van der Waals surface area contributed by atoms with E-state index in [0.29, 0.717) is 5.82 Å². The van der Waals surface area contributed by atoms with Gasteiger partial charge in [0.2, 0.25) is 5.89 Å². The maximum atomic E-state index is 6.17. The van der Waals surface area contributed by atoms with Crippen molar-refractivity contribution in [2.75, 3.05) is 13.2 Å². The zero-order valence-electron chi connectivity index (χ0n) is 10.7. The van der Waals surface area contributed by atoms with E-state index in [9.17, 15) is 0 Å². The van der Waals surface area contributed by atoms with Gasteiger partial charge in [-0.25, -0.2) is 0 Å². The lowest BCUT2D eigenvalue weighted by Crippen LogP contribution is -2.44. The summed E-state index contributed by atoms with van der Waals surface area (Å²) in [7, 11) is 0. The molecular formula is C13H21N3O2. The molecule has 0 aromatic carbocycles. The minimum absolute atomic E-state index is 0.305. The van der Waals surface area contributed by atoms with E-state index in [1.54, 1.807) is 0 Å². The number of nitrogens with zero attached hydrogens (tertiary/aromatic N) is 2. The van der Waals surface area contributed by atoms with Crippen LogP contribution in [0.2, 0.25) is 0 Å². The number of aromatic nitrogens is 2. The van der Waals surface area contributed by atoms with Crippen LogP contribution < -0.4 is 5.73 Å². The summed E-state index contributed by atoms with van der Waals surface area (Å²) in [6.07, 6.45) is 7.42. The van der Waals surface area contributed by atoms with Gasteiger partial charge in [0.1, 0.15) is 0 Å². The summed E-state index contributed by atoms with van der Waals surface area (Å²) >= 11 is 0. The monoisotopic (exact) mass is 251 g/mol. The van der Waals surface area contributed by atoms with Crippen LogP contribution in [0.15, 0.2) is 4.52 Å². The highest BCUT2D eigenvalue weighted by molar-refractivity contribution is 5.08. The lowest BCUT2D eigenvalue weighted by atomic mass is 9.77. The topological polar surface area (TPSA) is 74.2 Å². The molecule has 1 aromatic rings. The molecule has 2 fully saturated rings. The van der Waals surface area contributed by atoms with E-state index in [1.807, 2.05) is 0 Å². The quantitative estimate of drug-likeness (QED) is 0.882. The summed E-state index contributed by atoms with van der Waals surface area (Å²) < 4.78 is 10.7. The molecule has 18 heavy (non-hydrogen) atoms. The minimum Gasteiger partial charge on any atom is -0.381 e. The zero-order valence-corrected chi connectivity index (χ0v) is 10.7. The van der Waals surface area contributed by atoms with E-state index in [0.717, 1.165) is 63.5 Å². The molecule has 5 nitrogen and oxygen atoms in total. The molecule has 1 aliphatic carbocycles. The lowest BCUT2D eigenvalue weighted by Gasteiger charge is -2.34. The third kappa shape index (κ3) is 2.42. The van der Waals surface area contributed by atoms with Gasteiger partial charge in [-0.3, -0.25) is 0 Å². The average molecular weight is 251 g/mol. The highest BCUT2D eigenvalue weighted by Gasteiger charge is 2.38. The Bertz CT molecular complexity index is 395. The van der Waals surface area contributed by atoms with E-state index < -0.39 is 0 Å². The molecule has 0 spiro atoms. The number of hydrogen-bond acceptors (Lipinski definition) is 5. The maximum absolute atomic E-state index is 6.17. The standard InChI is InChI=1S/C13H21N3O2/c14-13(6-1-7-13)12-15-11(18-16-12)3-2-10-4-8-17-9-5-10/h10H,1-9,14H2. The van der Waals surface area contributed by atoms with Crippen molar-refractivity contribution >= 4 is 0 Å². The summed E-state index contributed by atoms with van der Waals surface area (Å²) in [5.41, 5.74) is 5.87. The number of ether oxygens (including phenoxy) is 1. The lowest BCUT2D eigenvalue weighted by molar-refractivity contribution is 0.0634. The molecule has 3 rings (SSSR count). The molecule has 2 N–H and O–H groups in total. The van der Waals surface area contributed by atoms with E-state index in [1.165, 1.54) is 6.42 Å². The smallest absolute Gasteiger partial charge is 0.226 e. The molecule has 100 valence electrons. The first kappa shape index (κ1) is 12.1. The van der Waals surface area contributed by atoms with Crippen molar-refractivity contribution in [3.63, 3.8) is 0 Å². The van der Waals surface area contributed by atoms with Gasteiger partial charge in [0.15, 0.2) is 5.82 Å². The minimum atomic E-state index is -0.305. The second-order valence-corrected chi connectivity index (χ2v) is 5.62. The highest BCUT2D eigenvalue weighted by atomic mass is 16.5. The van der Waals surface area contributed by atoms with Crippen LogP contribution in [0.1, 0.15) is 50.2 Å². The molecule has 1 saturated heterocycles. The van der Waals surface area contributed by atoms with Gasteiger partial charge < -0.3 is 15.0 Å². The third-order valence-electron chi connectivity index (χ3n) is 4.27. The summed E-state index contributed by atoms with van der Waals surface area (Å²) in [6, 6.07) is 0. The van der Waals surface area contributed by atoms with E-state index in [4.69, 9.17) is 15.0 Å². The van der Waals surface area contributed by atoms with Crippen LogP contribution in [-0.4, -0.2) is 23.4 Å². The van der Waals surface area contributed by atoms with Gasteiger partial charge in [-0.15, -0.1) is 0 Å². The normalized spacial score (nSPS) is 23.8. The Morgan fingerprint density at radius 1 is 1.28 bits per heavy atom. The zero-order chi connectivity index (χ0) is 12.4. The molecule has 1 saturated carbocycles. The van der Waals surface area contributed by atoms with E-state index >= 15 is 0 Å². The van der Waals surface area contributed by atoms with Crippen molar-refractivity contribution < 1.29 is 9.26 Å². The van der Waals surface area contributed by atoms with Crippen molar-refractivity contribution in [1.82, 2.24) is 10.1 Å². The summed E-state index contributed by atoms with van der Waals surface area (Å²) in [5.74, 6) is 2.19. The molecule has 0 bridgehead atoms. The molecule has 0 atom stereocenters. The third-order valence-corrected chi connectivity index (χ3v) is 4.27. The first-order valence-corrected chi connectivity index (χ1v) is 6.96. The van der Waals surface area contributed by atoms with Crippen molar-refractivity contribution in [1.29, 1.82) is 0 Å². The van der Waals surface area contributed by atoms with Crippen LogP contribution >= 0.6 is 0 Å². The van der Waals surface area contributed by atoms with Gasteiger partial charge in [-0.05, 0) is 44.4 Å². The maximum Gasteiger partial charge on any atom is 0.226 e. The van der Waals surface area contributed by atoms with Gasteiger partial charge in [-0.1, -0.05) is 5.16 Å². The Labute approximate surface area is 107 Å². The Balaban J connectivity index is 1.53. The van der Waals surface area contributed by atoms with E-state index in [2.05, 4.69) is 10.1 Å². The first-order chi connectivity index (χ1) is 8.76. The van der Waals surface area contributed by atoms with Gasteiger partial charge >= 0.3 is 0 Å². The number of hydrogen-bond donors (Lipinski definition) is 1. The fraction of sp³-hybridized carbons (Fsp3) is 0.846. The van der Waals surface area contributed by atoms with E-state index in [-0.39, 0.29) is 5.54 Å². The fourth-order valence-corrected chi connectivity index (χ4v) is 2.70. The van der Waals surface area contributed by atoms with Crippen LogP contribution in [0, 0.1) is 5.92 Å². The van der Waals surface area contributed by atoms with Crippen LogP contribution in [-0.2, 0) is 16.7 Å². The van der Waals surface area contributed by atoms with Crippen molar-refractivity contribution in [3.05, 3.63) is 11.7 Å². The van der Waals surface area contributed by atoms with Crippen LogP contribution in [0.25, 0.3) is 0 Å². The van der Waals surface area contributed by atoms with Crippen LogP contribution in [0.3, 0.4) is 0 Å². The number of aryl methyl sites for hydroxylation is 1. The van der Waals surface area contributed by atoms with Crippen molar-refractivity contribution in [2.45, 2.75) is 50.5 Å². The van der Waals surface area contributed by atoms with Crippen LogP contribution in [0.5, 0.6) is 0 Å². The summed E-state index contributed by atoms with van der Waals surface area (Å²) in [6.45, 7) is 1.79. The van der Waals surface area contributed by atoms with Crippen molar-refractivity contribution in [2.24, 2.45) is 11.7 Å². The Morgan fingerprint density at radius 3 is 2.72 bits per heavy atom. The predicted molar refractivity (Wildman–Crippen MR) is 65.9 cm³/mol. The molecule has 1 aromatic heterocycles. The molecule has 2 aliphatic rings. The molecular weight excluding hydrogens is 230 g/mol. The Kier molecular flexibility index (Phi) is 3.35. The molecule has 1 aliphatic heterocycles. The molecule has 0 unspecified atom stereocenters. The van der Waals surface area contributed by atoms with Gasteiger partial charge in [-0.2, -0.15) is 4.98 Å². The van der Waals surface area contributed by atoms with Gasteiger partial charge in [0.25, 0.3) is 0 Å². The molecule has 0 amide bonds. The average Bonchev–Trinajstić information content (AvgIpc) is 2.84. The first-order valence-electron chi connectivity index (χ1n) is 6.96. The fourth-order valence-electron chi connectivity index (χ4n) is 2.70. The SMILES string of the molecule is NC1(c2noc(CCC3CCOCC3)n2)CCC1. The highest BCUT2D eigenvalue weighted by Crippen LogP contribution is 2.37. The molecule has 5 heteroatoms. The predicted octanol–water partition coefficient (Wildman–Crippen LogP) is 1.77. The van der Waals surface area contributed by atoms with Gasteiger partial charge in [0, 0.05) is 19.6 Å². The van der Waals surface area contributed by atoms with Gasteiger partial charge in [0.05, 0.1) is 5.54 Å². The molecule has 2 heterocycles. The Morgan fingerprint density at radius 2 is 2.06 bits per heavy atom. The Hall–Kier alpha value is -0.940. The molecule has 0 radical (unpaired) electrons. The number of rotatable bonds is 4. The second-order valence-electron chi connectivity index (χ2n) is 5.62. The second kappa shape index (κ2) is 4.97. The number of nitrogens with two attached hydrogens (primary N) is 1.